The number of carbonyl (C=O) groups excluding carboxylic acids is 1. The lowest BCUT2D eigenvalue weighted by Crippen LogP contribution is -2.22. The minimum atomic E-state index is -0.228. The predicted octanol–water partition coefficient (Wildman–Crippen LogP) is 3.66. The number of rotatable bonds is 6. The van der Waals surface area contributed by atoms with Gasteiger partial charge in [0.15, 0.2) is 0 Å². The number of carbonyl (C=O) groups is 1. The van der Waals surface area contributed by atoms with E-state index in [0.29, 0.717) is 11.0 Å². The second kappa shape index (κ2) is 8.30. The molecule has 0 fully saturated rings. The van der Waals surface area contributed by atoms with E-state index < -0.39 is 0 Å². The van der Waals surface area contributed by atoms with E-state index in [2.05, 4.69) is 27.8 Å². The fourth-order valence-corrected chi connectivity index (χ4v) is 3.06. The number of nitrogens with one attached hydrogen (secondary N) is 1. The third-order valence-electron chi connectivity index (χ3n) is 3.45. The summed E-state index contributed by atoms with van der Waals surface area (Å²) in [5, 5.41) is 8.85. The largest absolute Gasteiger partial charge is 0.268 e. The summed E-state index contributed by atoms with van der Waals surface area (Å²) in [6.07, 6.45) is 3.27. The first kappa shape index (κ1) is 17.0. The molecule has 6 heteroatoms. The van der Waals surface area contributed by atoms with Crippen LogP contribution in [0.15, 0.2) is 71.9 Å². The second-order valence-electron chi connectivity index (χ2n) is 5.36. The molecule has 5 nitrogen and oxygen atoms in total. The van der Waals surface area contributed by atoms with Crippen LogP contribution in [-0.4, -0.2) is 20.8 Å². The summed E-state index contributed by atoms with van der Waals surface area (Å²) in [6.45, 7) is 1.81. The SMILES string of the molecule is Cc1nnc(SCc2ccccc2)n1NC(=O)C=Cc1ccccc1. The van der Waals surface area contributed by atoms with Gasteiger partial charge in [0.25, 0.3) is 5.91 Å². The Labute approximate surface area is 150 Å². The van der Waals surface area contributed by atoms with E-state index in [-0.39, 0.29) is 5.91 Å². The van der Waals surface area contributed by atoms with Crippen LogP contribution in [0.1, 0.15) is 17.0 Å². The molecule has 126 valence electrons. The van der Waals surface area contributed by atoms with Crippen molar-refractivity contribution < 1.29 is 4.79 Å². The van der Waals surface area contributed by atoms with Crippen molar-refractivity contribution in [1.29, 1.82) is 0 Å². The molecular weight excluding hydrogens is 332 g/mol. The first-order valence-corrected chi connectivity index (χ1v) is 8.84. The number of amides is 1. The second-order valence-corrected chi connectivity index (χ2v) is 6.30. The van der Waals surface area contributed by atoms with Crippen LogP contribution in [0.3, 0.4) is 0 Å². The number of benzene rings is 2. The maximum Gasteiger partial charge on any atom is 0.262 e. The van der Waals surface area contributed by atoms with Crippen LogP contribution >= 0.6 is 11.8 Å². The molecule has 0 saturated heterocycles. The summed E-state index contributed by atoms with van der Waals surface area (Å²) >= 11 is 1.53. The summed E-state index contributed by atoms with van der Waals surface area (Å²) < 4.78 is 1.62. The molecule has 0 aliphatic carbocycles. The molecule has 2 aromatic carbocycles. The van der Waals surface area contributed by atoms with Crippen molar-refractivity contribution in [1.82, 2.24) is 14.9 Å². The molecule has 1 heterocycles. The average molecular weight is 350 g/mol. The van der Waals surface area contributed by atoms with Gasteiger partial charge in [-0.2, -0.15) is 0 Å². The van der Waals surface area contributed by atoms with Crippen LogP contribution in [0, 0.1) is 6.92 Å². The van der Waals surface area contributed by atoms with Crippen LogP contribution in [0.4, 0.5) is 0 Å². The smallest absolute Gasteiger partial charge is 0.262 e. The van der Waals surface area contributed by atoms with Gasteiger partial charge in [0, 0.05) is 11.8 Å². The predicted molar refractivity (Wildman–Crippen MR) is 101 cm³/mol. The van der Waals surface area contributed by atoms with Crippen molar-refractivity contribution in [2.75, 3.05) is 5.43 Å². The van der Waals surface area contributed by atoms with Gasteiger partial charge in [-0.3, -0.25) is 10.2 Å². The maximum absolute atomic E-state index is 12.2. The molecule has 0 aliphatic rings. The van der Waals surface area contributed by atoms with E-state index in [1.54, 1.807) is 17.7 Å². The topological polar surface area (TPSA) is 59.8 Å². The minimum absolute atomic E-state index is 0.228. The Bertz CT molecular complexity index is 860. The monoisotopic (exact) mass is 350 g/mol. The Hall–Kier alpha value is -2.86. The summed E-state index contributed by atoms with van der Waals surface area (Å²) in [6, 6.07) is 19.8. The molecule has 1 aromatic heterocycles. The molecule has 0 spiro atoms. The molecule has 25 heavy (non-hydrogen) atoms. The Balaban J connectivity index is 1.65. The number of nitrogens with zero attached hydrogens (tertiary/aromatic N) is 3. The van der Waals surface area contributed by atoms with E-state index >= 15 is 0 Å². The standard InChI is InChI=1S/C19H18N4OS/c1-15-20-21-19(25-14-17-10-6-3-7-11-17)23(15)22-18(24)13-12-16-8-4-2-5-9-16/h2-13H,14H2,1H3,(H,22,24). The van der Waals surface area contributed by atoms with Crippen LogP contribution in [0.2, 0.25) is 0 Å². The Morgan fingerprint density at radius 3 is 2.48 bits per heavy atom. The lowest BCUT2D eigenvalue weighted by molar-refractivity contribution is -0.112. The van der Waals surface area contributed by atoms with Crippen molar-refractivity contribution in [2.24, 2.45) is 0 Å². The molecule has 0 unspecified atom stereocenters. The van der Waals surface area contributed by atoms with Gasteiger partial charge in [-0.25, -0.2) is 4.68 Å². The van der Waals surface area contributed by atoms with Crippen LogP contribution in [0.5, 0.6) is 0 Å². The van der Waals surface area contributed by atoms with Gasteiger partial charge in [-0.05, 0) is 24.1 Å². The molecule has 3 aromatic rings. The average Bonchev–Trinajstić information content (AvgIpc) is 3.00. The Morgan fingerprint density at radius 2 is 1.76 bits per heavy atom. The highest BCUT2D eigenvalue weighted by Crippen LogP contribution is 2.20. The summed E-state index contributed by atoms with van der Waals surface area (Å²) in [4.78, 5) is 12.2. The van der Waals surface area contributed by atoms with Gasteiger partial charge in [0.1, 0.15) is 5.82 Å². The Morgan fingerprint density at radius 1 is 1.08 bits per heavy atom. The van der Waals surface area contributed by atoms with E-state index in [0.717, 1.165) is 11.3 Å². The van der Waals surface area contributed by atoms with E-state index in [1.807, 2.05) is 48.5 Å². The van der Waals surface area contributed by atoms with Gasteiger partial charge in [-0.15, -0.1) is 10.2 Å². The Kier molecular flexibility index (Phi) is 5.64. The zero-order valence-electron chi connectivity index (χ0n) is 13.8. The van der Waals surface area contributed by atoms with Gasteiger partial charge in [-0.1, -0.05) is 72.4 Å². The molecule has 0 bridgehead atoms. The zero-order valence-corrected chi connectivity index (χ0v) is 14.6. The highest BCUT2D eigenvalue weighted by Gasteiger charge is 2.11. The zero-order chi connectivity index (χ0) is 17.5. The highest BCUT2D eigenvalue weighted by molar-refractivity contribution is 7.98. The van der Waals surface area contributed by atoms with E-state index in [1.165, 1.54) is 23.4 Å². The van der Waals surface area contributed by atoms with Gasteiger partial charge in [0.05, 0.1) is 0 Å². The summed E-state index contributed by atoms with van der Waals surface area (Å²) in [7, 11) is 0. The summed E-state index contributed by atoms with van der Waals surface area (Å²) in [5.74, 6) is 1.17. The number of aromatic nitrogens is 3. The third-order valence-corrected chi connectivity index (χ3v) is 4.45. The number of thioether (sulfide) groups is 1. The van der Waals surface area contributed by atoms with Crippen LogP contribution in [-0.2, 0) is 10.5 Å². The van der Waals surface area contributed by atoms with Crippen LogP contribution < -0.4 is 5.43 Å². The van der Waals surface area contributed by atoms with Crippen LogP contribution in [0.25, 0.3) is 6.08 Å². The molecule has 0 radical (unpaired) electrons. The van der Waals surface area contributed by atoms with Crippen molar-refractivity contribution in [3.63, 3.8) is 0 Å². The van der Waals surface area contributed by atoms with E-state index in [4.69, 9.17) is 0 Å². The van der Waals surface area contributed by atoms with Gasteiger partial charge >= 0.3 is 0 Å². The fraction of sp³-hybridized carbons (Fsp3) is 0.105. The van der Waals surface area contributed by atoms with Crippen molar-refractivity contribution in [2.45, 2.75) is 17.8 Å². The normalized spacial score (nSPS) is 10.9. The first-order chi connectivity index (χ1) is 12.2. The fourth-order valence-electron chi connectivity index (χ4n) is 2.17. The molecule has 0 aliphatic heterocycles. The lowest BCUT2D eigenvalue weighted by Gasteiger charge is -2.08. The first-order valence-electron chi connectivity index (χ1n) is 7.85. The summed E-state index contributed by atoms with van der Waals surface area (Å²) in [5.41, 5.74) is 4.97. The highest BCUT2D eigenvalue weighted by atomic mass is 32.2. The minimum Gasteiger partial charge on any atom is -0.268 e. The lowest BCUT2D eigenvalue weighted by atomic mass is 10.2. The molecule has 3 rings (SSSR count). The van der Waals surface area contributed by atoms with Crippen molar-refractivity contribution in [3.05, 3.63) is 83.7 Å². The van der Waals surface area contributed by atoms with Gasteiger partial charge < -0.3 is 0 Å². The number of aryl methyl sites for hydroxylation is 1. The molecular formula is C19H18N4OS. The molecule has 1 N–H and O–H groups in total. The van der Waals surface area contributed by atoms with Crippen molar-refractivity contribution in [3.8, 4) is 0 Å². The molecule has 0 atom stereocenters. The molecule has 1 amide bonds. The quantitative estimate of drug-likeness (QED) is 0.544. The van der Waals surface area contributed by atoms with E-state index in [9.17, 15) is 4.79 Å². The van der Waals surface area contributed by atoms with Gasteiger partial charge in [0.2, 0.25) is 5.16 Å². The maximum atomic E-state index is 12.2. The number of hydrogen-bond donors (Lipinski definition) is 1. The third kappa shape index (κ3) is 4.81. The van der Waals surface area contributed by atoms with Crippen molar-refractivity contribution >= 4 is 23.7 Å². The molecule has 0 saturated carbocycles. The number of hydrogen-bond acceptors (Lipinski definition) is 4.